The number of hydrogen-bond acceptors (Lipinski definition) is 5. The maximum atomic E-state index is 12.0. The molecular weight excluding hydrogens is 414 g/mol. The van der Waals surface area contributed by atoms with E-state index in [0.29, 0.717) is 34.8 Å². The van der Waals surface area contributed by atoms with Crippen LogP contribution >= 0.6 is 11.6 Å². The maximum Gasteiger partial charge on any atom is 0.311 e. The highest BCUT2D eigenvalue weighted by molar-refractivity contribution is 6.31. The van der Waals surface area contributed by atoms with E-state index in [-0.39, 0.29) is 22.8 Å². The van der Waals surface area contributed by atoms with Gasteiger partial charge in [-0.1, -0.05) is 29.8 Å². The van der Waals surface area contributed by atoms with Gasteiger partial charge < -0.3 is 9.64 Å². The molecule has 1 aromatic heterocycles. The zero-order chi connectivity index (χ0) is 22.1. The SMILES string of the molecule is Cc1ccc(CN(c2c([N+](=O)[O-])cnc3ccc(Cl)cc23)[C@@H]2CCO[C@H](C)C2)cc1C. The van der Waals surface area contributed by atoms with E-state index in [9.17, 15) is 10.1 Å². The Labute approximate surface area is 186 Å². The fourth-order valence-corrected chi connectivity index (χ4v) is 4.49. The van der Waals surface area contributed by atoms with Crippen molar-refractivity contribution in [3.63, 3.8) is 0 Å². The molecule has 1 fully saturated rings. The fraction of sp³-hybridized carbons (Fsp3) is 0.375. The van der Waals surface area contributed by atoms with Gasteiger partial charge in [0.2, 0.25) is 0 Å². The van der Waals surface area contributed by atoms with Gasteiger partial charge in [0.1, 0.15) is 11.9 Å². The van der Waals surface area contributed by atoms with E-state index in [4.69, 9.17) is 16.3 Å². The van der Waals surface area contributed by atoms with E-state index in [0.717, 1.165) is 18.4 Å². The highest BCUT2D eigenvalue weighted by atomic mass is 35.5. The minimum absolute atomic E-state index is 0.00209. The monoisotopic (exact) mass is 439 g/mol. The zero-order valence-corrected chi connectivity index (χ0v) is 18.7. The molecular formula is C24H26ClN3O3. The molecule has 1 aliphatic rings. The third-order valence-electron chi connectivity index (χ3n) is 6.09. The summed E-state index contributed by atoms with van der Waals surface area (Å²) in [5.74, 6) is 0. The van der Waals surface area contributed by atoms with Gasteiger partial charge in [-0.05, 0) is 68.5 Å². The predicted molar refractivity (Wildman–Crippen MR) is 124 cm³/mol. The number of fused-ring (bicyclic) bond motifs is 1. The smallest absolute Gasteiger partial charge is 0.311 e. The highest BCUT2D eigenvalue weighted by Crippen LogP contribution is 2.40. The Morgan fingerprint density at radius 2 is 2.03 bits per heavy atom. The number of aromatic nitrogens is 1. The van der Waals surface area contributed by atoms with Gasteiger partial charge in [-0.25, -0.2) is 4.98 Å². The number of nitrogens with zero attached hydrogens (tertiary/aromatic N) is 3. The molecule has 3 aromatic rings. The molecule has 162 valence electrons. The molecule has 0 radical (unpaired) electrons. The number of anilines is 1. The number of rotatable bonds is 5. The second-order valence-corrected chi connectivity index (χ2v) is 8.75. The van der Waals surface area contributed by atoms with E-state index in [2.05, 4.69) is 48.9 Å². The van der Waals surface area contributed by atoms with E-state index in [1.807, 2.05) is 6.07 Å². The lowest BCUT2D eigenvalue weighted by Gasteiger charge is -2.38. The molecule has 7 heteroatoms. The van der Waals surface area contributed by atoms with E-state index >= 15 is 0 Å². The van der Waals surface area contributed by atoms with Crippen molar-refractivity contribution >= 4 is 33.9 Å². The molecule has 0 saturated carbocycles. The van der Waals surface area contributed by atoms with E-state index < -0.39 is 0 Å². The van der Waals surface area contributed by atoms with Crippen molar-refractivity contribution in [3.05, 3.63) is 74.4 Å². The number of nitro groups is 1. The van der Waals surface area contributed by atoms with Crippen LogP contribution in [0.25, 0.3) is 10.9 Å². The molecule has 0 bridgehead atoms. The maximum absolute atomic E-state index is 12.0. The van der Waals surface area contributed by atoms with Crippen LogP contribution < -0.4 is 4.90 Å². The van der Waals surface area contributed by atoms with E-state index in [1.165, 1.54) is 17.3 Å². The van der Waals surface area contributed by atoms with Crippen molar-refractivity contribution in [2.24, 2.45) is 0 Å². The molecule has 6 nitrogen and oxygen atoms in total. The minimum atomic E-state index is -0.348. The van der Waals surface area contributed by atoms with Crippen LogP contribution in [0.5, 0.6) is 0 Å². The van der Waals surface area contributed by atoms with Crippen LogP contribution in [0.2, 0.25) is 5.02 Å². The van der Waals surface area contributed by atoms with Crippen LogP contribution in [0, 0.1) is 24.0 Å². The summed E-state index contributed by atoms with van der Waals surface area (Å²) in [6, 6.07) is 11.8. The van der Waals surface area contributed by atoms with Crippen LogP contribution in [0.4, 0.5) is 11.4 Å². The normalized spacial score (nSPS) is 18.8. The first-order valence-electron chi connectivity index (χ1n) is 10.5. The Balaban J connectivity index is 1.90. The quantitative estimate of drug-likeness (QED) is 0.361. The largest absolute Gasteiger partial charge is 0.378 e. The van der Waals surface area contributed by atoms with Crippen LogP contribution in [0.3, 0.4) is 0 Å². The van der Waals surface area contributed by atoms with Gasteiger partial charge in [0.25, 0.3) is 0 Å². The molecule has 0 spiro atoms. The Bertz CT molecular complexity index is 1130. The van der Waals surface area contributed by atoms with Gasteiger partial charge in [0, 0.05) is 29.6 Å². The second-order valence-electron chi connectivity index (χ2n) is 8.32. The van der Waals surface area contributed by atoms with Gasteiger partial charge in [-0.15, -0.1) is 0 Å². The highest BCUT2D eigenvalue weighted by Gasteiger charge is 2.32. The zero-order valence-electron chi connectivity index (χ0n) is 18.0. The number of hydrogen-bond donors (Lipinski definition) is 0. The van der Waals surface area contributed by atoms with Gasteiger partial charge in [0.05, 0.1) is 16.5 Å². The third kappa shape index (κ3) is 4.50. The van der Waals surface area contributed by atoms with Crippen molar-refractivity contribution in [2.45, 2.75) is 52.3 Å². The topological polar surface area (TPSA) is 68.5 Å². The average Bonchev–Trinajstić information content (AvgIpc) is 2.73. The molecule has 0 unspecified atom stereocenters. The molecule has 0 aliphatic carbocycles. The molecule has 0 N–H and O–H groups in total. The molecule has 2 heterocycles. The Kier molecular flexibility index (Phi) is 6.12. The lowest BCUT2D eigenvalue weighted by atomic mass is 9.98. The first-order chi connectivity index (χ1) is 14.8. The third-order valence-corrected chi connectivity index (χ3v) is 6.32. The molecule has 2 atom stereocenters. The van der Waals surface area contributed by atoms with Crippen LogP contribution in [0.1, 0.15) is 36.5 Å². The molecule has 4 rings (SSSR count). The second kappa shape index (κ2) is 8.81. The molecule has 1 saturated heterocycles. The van der Waals surface area contributed by atoms with Crippen LogP contribution in [0.15, 0.2) is 42.6 Å². The summed E-state index contributed by atoms with van der Waals surface area (Å²) in [4.78, 5) is 18.2. The van der Waals surface area contributed by atoms with Crippen molar-refractivity contribution in [3.8, 4) is 0 Å². The number of halogens is 1. The Morgan fingerprint density at radius 3 is 2.74 bits per heavy atom. The first kappa shape index (κ1) is 21.5. The summed E-state index contributed by atoms with van der Waals surface area (Å²) < 4.78 is 5.77. The van der Waals surface area contributed by atoms with Crippen molar-refractivity contribution in [1.82, 2.24) is 4.98 Å². The minimum Gasteiger partial charge on any atom is -0.378 e. The number of ether oxygens (including phenoxy) is 1. The summed E-state index contributed by atoms with van der Waals surface area (Å²) in [7, 11) is 0. The van der Waals surface area contributed by atoms with Crippen LogP contribution in [-0.2, 0) is 11.3 Å². The first-order valence-corrected chi connectivity index (χ1v) is 10.9. The molecule has 0 amide bonds. The lowest BCUT2D eigenvalue weighted by Crippen LogP contribution is -2.42. The number of benzene rings is 2. The Hall–Kier alpha value is -2.70. The summed E-state index contributed by atoms with van der Waals surface area (Å²) in [6.07, 6.45) is 3.06. The van der Waals surface area contributed by atoms with Crippen LogP contribution in [-0.4, -0.2) is 28.7 Å². The number of pyridine rings is 1. The van der Waals surface area contributed by atoms with Gasteiger partial charge >= 0.3 is 5.69 Å². The van der Waals surface area contributed by atoms with E-state index in [1.54, 1.807) is 12.1 Å². The average molecular weight is 440 g/mol. The van der Waals surface area contributed by atoms with Gasteiger partial charge in [0.15, 0.2) is 0 Å². The molecule has 31 heavy (non-hydrogen) atoms. The Morgan fingerprint density at radius 1 is 1.23 bits per heavy atom. The van der Waals surface area contributed by atoms with Gasteiger partial charge in [-0.2, -0.15) is 0 Å². The predicted octanol–water partition coefficient (Wildman–Crippen LogP) is 5.99. The molecule has 2 aromatic carbocycles. The van der Waals surface area contributed by atoms with Crippen molar-refractivity contribution < 1.29 is 9.66 Å². The summed E-state index contributed by atoms with van der Waals surface area (Å²) in [5.41, 5.74) is 4.81. The molecule has 1 aliphatic heterocycles. The van der Waals surface area contributed by atoms with Gasteiger partial charge in [-0.3, -0.25) is 10.1 Å². The summed E-state index contributed by atoms with van der Waals surface area (Å²) in [5, 5.41) is 13.3. The lowest BCUT2D eigenvalue weighted by molar-refractivity contribution is -0.384. The fourth-order valence-electron chi connectivity index (χ4n) is 4.32. The van der Waals surface area contributed by atoms with Crippen molar-refractivity contribution in [1.29, 1.82) is 0 Å². The standard InChI is InChI=1S/C24H26ClN3O3/c1-15-4-5-18(10-16(15)2)14-27(20-8-9-31-17(3)11-20)24-21-12-19(25)6-7-22(21)26-13-23(24)28(29)30/h4-7,10,12-13,17,20H,8-9,11,14H2,1-3H3/t17-,20-/m1/s1. The van der Waals surface area contributed by atoms with Crippen molar-refractivity contribution in [2.75, 3.05) is 11.5 Å². The summed E-state index contributed by atoms with van der Waals surface area (Å²) >= 11 is 6.30. The number of aryl methyl sites for hydroxylation is 2. The summed E-state index contributed by atoms with van der Waals surface area (Å²) in [6.45, 7) is 7.41.